The number of aryl methyl sites for hydroxylation is 1. The fraction of sp³-hybridized carbons (Fsp3) is 0.0909. The van der Waals surface area contributed by atoms with Gasteiger partial charge in [0, 0.05) is 17.8 Å². The highest BCUT2D eigenvalue weighted by Crippen LogP contribution is 2.23. The van der Waals surface area contributed by atoms with E-state index in [4.69, 9.17) is 5.11 Å². The summed E-state index contributed by atoms with van der Waals surface area (Å²) in [6, 6.07) is 0.0582. The molecule has 0 atom stereocenters. The number of carboxylic acid groups (broad SMARTS) is 1. The Hall–Kier alpha value is -2.38. The quantitative estimate of drug-likeness (QED) is 0.676. The molecule has 8 heteroatoms. The van der Waals surface area contributed by atoms with Crippen LogP contribution in [0, 0.1) is 30.2 Å². The van der Waals surface area contributed by atoms with Crippen LogP contribution < -0.4 is 0 Å². The minimum absolute atomic E-state index is 0.0582. The lowest BCUT2D eigenvalue weighted by Gasteiger charge is -2.06. The molecule has 0 saturated carbocycles. The van der Waals surface area contributed by atoms with Crippen LogP contribution in [0.15, 0.2) is 12.3 Å². The lowest BCUT2D eigenvalue weighted by Crippen LogP contribution is -2.08. The number of carbonyl (C=O) groups is 1. The molecule has 0 bridgehead atoms. The van der Waals surface area contributed by atoms with Crippen molar-refractivity contribution < 1.29 is 27.5 Å². The Kier molecular flexibility index (Phi) is 3.01. The van der Waals surface area contributed by atoms with Crippen molar-refractivity contribution in [3.8, 4) is 5.69 Å². The van der Waals surface area contributed by atoms with E-state index in [2.05, 4.69) is 5.10 Å². The van der Waals surface area contributed by atoms with E-state index in [9.17, 15) is 22.4 Å². The molecule has 0 spiro atoms. The van der Waals surface area contributed by atoms with Gasteiger partial charge in [0.05, 0.1) is 0 Å². The van der Waals surface area contributed by atoms with E-state index in [-0.39, 0.29) is 11.6 Å². The number of hydrogen-bond acceptors (Lipinski definition) is 2. The third-order valence-corrected chi connectivity index (χ3v) is 2.42. The zero-order valence-electron chi connectivity index (χ0n) is 9.42. The van der Waals surface area contributed by atoms with Crippen LogP contribution in [0.25, 0.3) is 5.69 Å². The Morgan fingerprint density at radius 3 is 2.16 bits per heavy atom. The number of aromatic carboxylic acids is 1. The predicted octanol–water partition coefficient (Wildman–Crippen LogP) is 2.44. The first-order valence-electron chi connectivity index (χ1n) is 4.96. The van der Waals surface area contributed by atoms with Gasteiger partial charge in [0.15, 0.2) is 29.0 Å². The van der Waals surface area contributed by atoms with Gasteiger partial charge < -0.3 is 5.11 Å². The first kappa shape index (κ1) is 13.1. The highest BCUT2D eigenvalue weighted by Gasteiger charge is 2.23. The minimum Gasteiger partial charge on any atom is -0.476 e. The maximum absolute atomic E-state index is 13.5. The van der Waals surface area contributed by atoms with Crippen LogP contribution in [-0.4, -0.2) is 20.9 Å². The van der Waals surface area contributed by atoms with Crippen LogP contribution in [0.5, 0.6) is 0 Å². The number of carboxylic acids is 1. The smallest absolute Gasteiger partial charge is 0.356 e. The average Bonchev–Trinajstić information content (AvgIpc) is 2.69. The molecule has 1 aromatic carbocycles. The molecular weight excluding hydrogens is 268 g/mol. The standard InChI is InChI=1S/C11H6F4N2O2/c1-4-3-17(16-9(4)11(18)19)10-7(14)5(12)2-6(13)8(10)15/h2-3H,1H3,(H,18,19). The topological polar surface area (TPSA) is 55.1 Å². The maximum atomic E-state index is 13.5. The molecule has 0 radical (unpaired) electrons. The van der Waals surface area contributed by atoms with Crippen molar-refractivity contribution in [2.45, 2.75) is 6.92 Å². The van der Waals surface area contributed by atoms with Crippen LogP contribution in [0.3, 0.4) is 0 Å². The Bertz CT molecular complexity index is 656. The van der Waals surface area contributed by atoms with Crippen molar-refractivity contribution in [2.24, 2.45) is 0 Å². The monoisotopic (exact) mass is 274 g/mol. The predicted molar refractivity (Wildman–Crippen MR) is 55.1 cm³/mol. The molecule has 0 unspecified atom stereocenters. The summed E-state index contributed by atoms with van der Waals surface area (Å²) in [5.74, 6) is -7.93. The third kappa shape index (κ3) is 2.05. The summed E-state index contributed by atoms with van der Waals surface area (Å²) in [5, 5.41) is 12.1. The first-order chi connectivity index (χ1) is 8.82. The number of hydrogen-bond donors (Lipinski definition) is 1. The Labute approximate surface area is 103 Å². The van der Waals surface area contributed by atoms with Gasteiger partial charge in [-0.25, -0.2) is 27.0 Å². The lowest BCUT2D eigenvalue weighted by molar-refractivity contribution is 0.0689. The summed E-state index contributed by atoms with van der Waals surface area (Å²) in [4.78, 5) is 10.8. The van der Waals surface area contributed by atoms with Gasteiger partial charge in [-0.15, -0.1) is 0 Å². The first-order valence-corrected chi connectivity index (χ1v) is 4.96. The summed E-state index contributed by atoms with van der Waals surface area (Å²) < 4.78 is 53.5. The number of aromatic nitrogens is 2. The summed E-state index contributed by atoms with van der Waals surface area (Å²) in [5.41, 5.74) is -1.48. The average molecular weight is 274 g/mol. The summed E-state index contributed by atoms with van der Waals surface area (Å²) in [6.07, 6.45) is 0.962. The molecule has 2 aromatic rings. The van der Waals surface area contributed by atoms with E-state index in [1.54, 1.807) is 0 Å². The van der Waals surface area contributed by atoms with Crippen LogP contribution in [0.2, 0.25) is 0 Å². The van der Waals surface area contributed by atoms with Crippen molar-refractivity contribution in [1.82, 2.24) is 9.78 Å². The van der Waals surface area contributed by atoms with Gasteiger partial charge in [0.25, 0.3) is 0 Å². The molecule has 0 fully saturated rings. The molecule has 4 nitrogen and oxygen atoms in total. The van der Waals surface area contributed by atoms with Crippen molar-refractivity contribution in [3.05, 3.63) is 46.8 Å². The minimum atomic E-state index is -1.65. The fourth-order valence-electron chi connectivity index (χ4n) is 1.55. The second kappa shape index (κ2) is 4.38. The fourth-order valence-corrected chi connectivity index (χ4v) is 1.55. The van der Waals surface area contributed by atoms with Gasteiger partial charge in [-0.05, 0) is 6.92 Å². The van der Waals surface area contributed by atoms with Gasteiger partial charge in [-0.1, -0.05) is 0 Å². The van der Waals surface area contributed by atoms with Gasteiger partial charge in [0.2, 0.25) is 0 Å². The van der Waals surface area contributed by atoms with Crippen LogP contribution in [0.1, 0.15) is 16.1 Å². The molecule has 19 heavy (non-hydrogen) atoms. The summed E-state index contributed by atoms with van der Waals surface area (Å²) >= 11 is 0. The van der Waals surface area contributed by atoms with Gasteiger partial charge >= 0.3 is 5.97 Å². The molecule has 1 heterocycles. The second-order valence-electron chi connectivity index (χ2n) is 3.73. The Morgan fingerprint density at radius 2 is 1.74 bits per heavy atom. The highest BCUT2D eigenvalue weighted by atomic mass is 19.2. The van der Waals surface area contributed by atoms with Crippen molar-refractivity contribution in [3.63, 3.8) is 0 Å². The molecule has 0 saturated heterocycles. The van der Waals surface area contributed by atoms with Crippen LogP contribution >= 0.6 is 0 Å². The number of nitrogens with zero attached hydrogens (tertiary/aromatic N) is 2. The molecule has 0 aliphatic heterocycles. The van der Waals surface area contributed by atoms with Gasteiger partial charge in [-0.3, -0.25) is 0 Å². The molecule has 1 N–H and O–H groups in total. The van der Waals surface area contributed by atoms with Crippen molar-refractivity contribution in [2.75, 3.05) is 0 Å². The molecule has 100 valence electrons. The Balaban J connectivity index is 2.72. The molecule has 2 rings (SSSR count). The van der Waals surface area contributed by atoms with Crippen molar-refractivity contribution >= 4 is 5.97 Å². The van der Waals surface area contributed by atoms with E-state index in [1.807, 2.05) is 0 Å². The van der Waals surface area contributed by atoms with Crippen LogP contribution in [0.4, 0.5) is 17.6 Å². The number of halogens is 4. The zero-order chi connectivity index (χ0) is 14.3. The second-order valence-corrected chi connectivity index (χ2v) is 3.73. The van der Waals surface area contributed by atoms with Gasteiger partial charge in [-0.2, -0.15) is 5.10 Å². The number of benzene rings is 1. The number of rotatable bonds is 2. The Morgan fingerprint density at radius 1 is 1.21 bits per heavy atom. The summed E-state index contributed by atoms with van der Waals surface area (Å²) in [7, 11) is 0. The molecule has 0 aliphatic carbocycles. The van der Waals surface area contributed by atoms with E-state index in [1.165, 1.54) is 6.92 Å². The lowest BCUT2D eigenvalue weighted by atomic mass is 10.2. The molecular formula is C11H6F4N2O2. The molecule has 0 aliphatic rings. The van der Waals surface area contributed by atoms with E-state index >= 15 is 0 Å². The van der Waals surface area contributed by atoms with E-state index < -0.39 is 40.6 Å². The SMILES string of the molecule is Cc1cn(-c2c(F)c(F)cc(F)c2F)nc1C(=O)O. The molecule has 0 amide bonds. The van der Waals surface area contributed by atoms with Crippen LogP contribution in [-0.2, 0) is 0 Å². The normalized spacial score (nSPS) is 10.8. The highest BCUT2D eigenvalue weighted by molar-refractivity contribution is 5.86. The van der Waals surface area contributed by atoms with E-state index in [0.717, 1.165) is 6.20 Å². The van der Waals surface area contributed by atoms with Crippen molar-refractivity contribution in [1.29, 1.82) is 0 Å². The van der Waals surface area contributed by atoms with Gasteiger partial charge in [0.1, 0.15) is 5.69 Å². The maximum Gasteiger partial charge on any atom is 0.356 e. The third-order valence-electron chi connectivity index (χ3n) is 2.42. The largest absolute Gasteiger partial charge is 0.476 e. The van der Waals surface area contributed by atoms with E-state index in [0.29, 0.717) is 4.68 Å². The molecule has 1 aromatic heterocycles. The summed E-state index contributed by atoms with van der Waals surface area (Å²) in [6.45, 7) is 1.33. The zero-order valence-corrected chi connectivity index (χ0v) is 9.42.